The number of fused-ring (bicyclic) bond motifs is 2. The van der Waals surface area contributed by atoms with Gasteiger partial charge in [0.25, 0.3) is 0 Å². The van der Waals surface area contributed by atoms with Crippen molar-refractivity contribution in [1.29, 1.82) is 0 Å². The number of ketones is 1. The number of hydrogen-bond donors (Lipinski definition) is 0. The van der Waals surface area contributed by atoms with E-state index in [4.69, 9.17) is 21.1 Å². The summed E-state index contributed by atoms with van der Waals surface area (Å²) in [6, 6.07) is 11.2. The number of esters is 1. The highest BCUT2D eigenvalue weighted by molar-refractivity contribution is 6.29. The highest BCUT2D eigenvalue weighted by Gasteiger charge is 2.30. The number of Topliss-reactive ketones (excluding diaryl/α,β-unsaturated/α-hetero) is 1. The molecule has 1 atom stereocenters. The van der Waals surface area contributed by atoms with Crippen LogP contribution in [0.3, 0.4) is 0 Å². The second-order valence-electron chi connectivity index (χ2n) is 6.98. The molecule has 0 radical (unpaired) electrons. The van der Waals surface area contributed by atoms with Crippen molar-refractivity contribution in [3.05, 3.63) is 65.0 Å². The molecule has 0 aliphatic carbocycles. The Kier molecular flexibility index (Phi) is 4.92. The van der Waals surface area contributed by atoms with Crippen LogP contribution in [0.25, 0.3) is 17.0 Å². The van der Waals surface area contributed by atoms with E-state index in [1.807, 2.05) is 24.4 Å². The van der Waals surface area contributed by atoms with E-state index in [0.717, 1.165) is 23.0 Å². The molecule has 2 heterocycles. The van der Waals surface area contributed by atoms with Crippen molar-refractivity contribution in [2.45, 2.75) is 32.7 Å². The lowest BCUT2D eigenvalue weighted by Crippen LogP contribution is -2.17. The average molecular weight is 410 g/mol. The van der Waals surface area contributed by atoms with Crippen LogP contribution in [0.1, 0.15) is 35.3 Å². The third-order valence-electron chi connectivity index (χ3n) is 4.93. The minimum absolute atomic E-state index is 0.186. The fourth-order valence-electron chi connectivity index (χ4n) is 3.53. The molecule has 0 fully saturated rings. The molecule has 0 N–H and O–H groups in total. The largest absolute Gasteiger partial charge is 0.452 e. The monoisotopic (exact) mass is 409 g/mol. The zero-order valence-electron chi connectivity index (χ0n) is 16.4. The van der Waals surface area contributed by atoms with Crippen molar-refractivity contribution >= 4 is 40.3 Å². The maximum Gasteiger partial charge on any atom is 0.329 e. The summed E-state index contributed by atoms with van der Waals surface area (Å²) in [5.74, 6) is 0.185. The topological polar surface area (TPSA) is 57.5 Å². The number of allylic oxidation sites excluding steroid dienone is 1. The first kappa shape index (κ1) is 19.3. The molecule has 0 saturated carbocycles. The number of halogens is 1. The number of rotatable bonds is 4. The van der Waals surface area contributed by atoms with Gasteiger partial charge in [-0.1, -0.05) is 18.2 Å². The summed E-state index contributed by atoms with van der Waals surface area (Å²) in [5.41, 5.74) is 3.18. The summed E-state index contributed by atoms with van der Waals surface area (Å²) < 4.78 is 13.2. The lowest BCUT2D eigenvalue weighted by molar-refractivity contribution is -0.133. The van der Waals surface area contributed by atoms with Crippen LogP contribution in [0.5, 0.6) is 11.5 Å². The molecule has 2 aromatic carbocycles. The summed E-state index contributed by atoms with van der Waals surface area (Å²) in [4.78, 5) is 24.7. The summed E-state index contributed by atoms with van der Waals surface area (Å²) in [6.07, 6.45) is 3.78. The Labute approximate surface area is 173 Å². The Morgan fingerprint density at radius 2 is 2.07 bits per heavy atom. The lowest BCUT2D eigenvalue weighted by atomic mass is 10.0. The molecule has 0 bridgehead atoms. The molecule has 3 aromatic rings. The minimum atomic E-state index is -0.766. The quantitative estimate of drug-likeness (QED) is 0.260. The second-order valence-corrected chi connectivity index (χ2v) is 7.63. The fraction of sp³-hybridized carbons (Fsp3) is 0.217. The van der Waals surface area contributed by atoms with Gasteiger partial charge in [-0.2, -0.15) is 0 Å². The van der Waals surface area contributed by atoms with Gasteiger partial charge in [-0.25, -0.2) is 0 Å². The molecule has 4 rings (SSSR count). The van der Waals surface area contributed by atoms with E-state index in [1.165, 1.54) is 6.92 Å². The molecule has 148 valence electrons. The first-order valence-electron chi connectivity index (χ1n) is 9.41. The van der Waals surface area contributed by atoms with Gasteiger partial charge < -0.3 is 14.0 Å². The van der Waals surface area contributed by atoms with E-state index in [9.17, 15) is 9.59 Å². The average Bonchev–Trinajstić information content (AvgIpc) is 3.20. The number of aryl methyl sites for hydroxylation is 2. The van der Waals surface area contributed by atoms with E-state index >= 15 is 0 Å². The van der Waals surface area contributed by atoms with Gasteiger partial charge in [-0.15, -0.1) is 11.6 Å². The number of carbonyl (C=O) groups excluding carboxylic acids is 2. The third kappa shape index (κ3) is 3.42. The maximum atomic E-state index is 12.9. The lowest BCUT2D eigenvalue weighted by Gasteiger charge is -2.08. The van der Waals surface area contributed by atoms with Crippen molar-refractivity contribution in [1.82, 2.24) is 4.57 Å². The van der Waals surface area contributed by atoms with E-state index in [0.29, 0.717) is 22.6 Å². The molecule has 0 amide bonds. The van der Waals surface area contributed by atoms with E-state index in [-0.39, 0.29) is 11.5 Å². The molecule has 0 saturated heterocycles. The summed E-state index contributed by atoms with van der Waals surface area (Å²) in [5, 5.41) is 0.286. The maximum absolute atomic E-state index is 12.9. The Hall–Kier alpha value is -3.05. The Balaban J connectivity index is 1.72. The van der Waals surface area contributed by atoms with Gasteiger partial charge in [-0.05, 0) is 44.5 Å². The van der Waals surface area contributed by atoms with Crippen LogP contribution in [0.2, 0.25) is 0 Å². The van der Waals surface area contributed by atoms with Crippen LogP contribution < -0.4 is 9.47 Å². The standard InChI is InChI=1S/C23H20ClNO4/c1-4-25-12-15(17-7-5-6-8-18(17)25)10-20-22(26)21-13(2)9-16(11-19(21)29-20)28-23(27)14(3)24/h5-12,14H,4H2,1-3H3/b20-10-. The number of para-hydroxylation sites is 1. The molecule has 1 aromatic heterocycles. The zero-order chi connectivity index (χ0) is 20.7. The van der Waals surface area contributed by atoms with Crippen LogP contribution in [-0.2, 0) is 11.3 Å². The number of benzene rings is 2. The van der Waals surface area contributed by atoms with Crippen molar-refractivity contribution in [3.63, 3.8) is 0 Å². The predicted molar refractivity (Wildman–Crippen MR) is 113 cm³/mol. The smallest absolute Gasteiger partial charge is 0.329 e. The van der Waals surface area contributed by atoms with E-state index < -0.39 is 11.3 Å². The summed E-state index contributed by atoms with van der Waals surface area (Å²) in [6.45, 7) is 6.22. The van der Waals surface area contributed by atoms with Crippen molar-refractivity contribution < 1.29 is 19.1 Å². The van der Waals surface area contributed by atoms with Gasteiger partial charge in [0.1, 0.15) is 16.9 Å². The number of hydrogen-bond acceptors (Lipinski definition) is 4. The fourth-order valence-corrected chi connectivity index (χ4v) is 3.57. The van der Waals surface area contributed by atoms with E-state index in [2.05, 4.69) is 17.6 Å². The molecule has 0 spiro atoms. The van der Waals surface area contributed by atoms with Crippen molar-refractivity contribution in [2.75, 3.05) is 0 Å². The Bertz CT molecular complexity index is 1170. The number of aromatic nitrogens is 1. The number of carbonyl (C=O) groups is 2. The highest BCUT2D eigenvalue weighted by Crippen LogP contribution is 2.38. The van der Waals surface area contributed by atoms with Crippen LogP contribution in [0.15, 0.2) is 48.4 Å². The second kappa shape index (κ2) is 7.41. The molecule has 6 heteroatoms. The molecular weight excluding hydrogens is 390 g/mol. The van der Waals surface area contributed by atoms with Gasteiger partial charge in [0.2, 0.25) is 5.78 Å². The third-order valence-corrected chi connectivity index (χ3v) is 5.11. The van der Waals surface area contributed by atoms with E-state index in [1.54, 1.807) is 25.1 Å². The van der Waals surface area contributed by atoms with Crippen molar-refractivity contribution in [2.24, 2.45) is 0 Å². The van der Waals surface area contributed by atoms with Gasteiger partial charge in [0.15, 0.2) is 5.76 Å². The summed E-state index contributed by atoms with van der Waals surface area (Å²) in [7, 11) is 0. The highest BCUT2D eigenvalue weighted by atomic mass is 35.5. The van der Waals surface area contributed by atoms with Crippen molar-refractivity contribution in [3.8, 4) is 11.5 Å². The molecular formula is C23H20ClNO4. The molecule has 1 aliphatic rings. The number of alkyl halides is 1. The van der Waals surface area contributed by atoms with Gasteiger partial charge in [0.05, 0.1) is 5.56 Å². The normalized spacial score (nSPS) is 15.4. The SMILES string of the molecule is CCn1cc(/C=C2\Oc3cc(OC(=O)C(C)Cl)cc(C)c3C2=O)c2ccccc21. The number of ether oxygens (including phenoxy) is 2. The van der Waals surface area contributed by atoms with Gasteiger partial charge in [0, 0.05) is 35.3 Å². The predicted octanol–water partition coefficient (Wildman–Crippen LogP) is 5.12. The first-order valence-corrected chi connectivity index (χ1v) is 9.85. The Morgan fingerprint density at radius 1 is 1.31 bits per heavy atom. The zero-order valence-corrected chi connectivity index (χ0v) is 17.1. The Morgan fingerprint density at radius 3 is 2.79 bits per heavy atom. The van der Waals surface area contributed by atoms with Crippen LogP contribution in [-0.4, -0.2) is 21.7 Å². The molecule has 5 nitrogen and oxygen atoms in total. The first-order chi connectivity index (χ1) is 13.9. The summed E-state index contributed by atoms with van der Waals surface area (Å²) >= 11 is 5.76. The van der Waals surface area contributed by atoms with Crippen LogP contribution in [0, 0.1) is 6.92 Å². The minimum Gasteiger partial charge on any atom is -0.452 e. The van der Waals surface area contributed by atoms with Gasteiger partial charge in [-0.3, -0.25) is 9.59 Å². The molecule has 1 aliphatic heterocycles. The molecule has 29 heavy (non-hydrogen) atoms. The molecule has 1 unspecified atom stereocenters. The number of nitrogens with zero attached hydrogens (tertiary/aromatic N) is 1. The van der Waals surface area contributed by atoms with Crippen LogP contribution >= 0.6 is 11.6 Å². The van der Waals surface area contributed by atoms with Crippen LogP contribution in [0.4, 0.5) is 0 Å². The van der Waals surface area contributed by atoms with Gasteiger partial charge >= 0.3 is 5.97 Å².